The Morgan fingerprint density at radius 1 is 0.913 bits per heavy atom. The maximum Gasteiger partial charge on any atom is 0.282 e. The second-order valence-electron chi connectivity index (χ2n) is 5.78. The van der Waals surface area contributed by atoms with Crippen LogP contribution in [0, 0.1) is 0 Å². The summed E-state index contributed by atoms with van der Waals surface area (Å²) in [5, 5.41) is 0. The number of nitrogens with one attached hydrogen (secondary N) is 1. The van der Waals surface area contributed by atoms with Crippen molar-refractivity contribution in [3.8, 4) is 0 Å². The summed E-state index contributed by atoms with van der Waals surface area (Å²) in [6.45, 7) is 5.18. The smallest absolute Gasteiger partial charge is 0.282 e. The number of sulfonamides is 1. The largest absolute Gasteiger partial charge is 0.379 e. The minimum atomic E-state index is -3.38. The van der Waals surface area contributed by atoms with Crippen molar-refractivity contribution < 1.29 is 21.6 Å². The standard InChI is InChI=1S/C12H26N4O5S2/c1-22(17,18)13-3-2-4-14-5-7-15(8-6-14)23(19,20)16-9-11-21-12-10-16/h13H,2-12H2,1H3. The summed E-state index contributed by atoms with van der Waals surface area (Å²) in [5.41, 5.74) is 0. The summed E-state index contributed by atoms with van der Waals surface area (Å²) in [5.74, 6) is 0. The first kappa shape index (κ1) is 19.0. The van der Waals surface area contributed by atoms with Crippen LogP contribution in [0.15, 0.2) is 0 Å². The molecule has 0 bridgehead atoms. The first-order valence-corrected chi connectivity index (χ1v) is 11.1. The highest BCUT2D eigenvalue weighted by Crippen LogP contribution is 2.14. The maximum atomic E-state index is 12.5. The van der Waals surface area contributed by atoms with Gasteiger partial charge in [-0.25, -0.2) is 13.1 Å². The molecule has 2 aliphatic rings. The molecule has 0 aliphatic carbocycles. The number of hydrogen-bond acceptors (Lipinski definition) is 6. The Labute approximate surface area is 138 Å². The maximum absolute atomic E-state index is 12.5. The van der Waals surface area contributed by atoms with Crippen LogP contribution < -0.4 is 4.72 Å². The summed E-state index contributed by atoms with van der Waals surface area (Å²) >= 11 is 0. The predicted octanol–water partition coefficient (Wildman–Crippen LogP) is -1.88. The third kappa shape index (κ3) is 5.93. The van der Waals surface area contributed by atoms with Crippen LogP contribution in [-0.2, 0) is 25.0 Å². The molecular formula is C12H26N4O5S2. The number of rotatable bonds is 7. The molecule has 11 heteroatoms. The highest BCUT2D eigenvalue weighted by molar-refractivity contribution is 7.88. The van der Waals surface area contributed by atoms with E-state index < -0.39 is 20.2 Å². The third-order valence-electron chi connectivity index (χ3n) is 3.97. The minimum Gasteiger partial charge on any atom is -0.379 e. The third-order valence-corrected chi connectivity index (χ3v) is 6.73. The van der Waals surface area contributed by atoms with E-state index in [1.54, 1.807) is 0 Å². The fourth-order valence-corrected chi connectivity index (χ4v) is 4.76. The number of ether oxygens (including phenoxy) is 1. The van der Waals surface area contributed by atoms with Gasteiger partial charge in [-0.05, 0) is 13.0 Å². The van der Waals surface area contributed by atoms with Crippen molar-refractivity contribution in [2.45, 2.75) is 6.42 Å². The SMILES string of the molecule is CS(=O)(=O)NCCCN1CCN(S(=O)(=O)N2CCOCC2)CC1. The molecule has 23 heavy (non-hydrogen) atoms. The minimum absolute atomic E-state index is 0.408. The fourth-order valence-electron chi connectivity index (χ4n) is 2.68. The average Bonchev–Trinajstić information content (AvgIpc) is 2.52. The van der Waals surface area contributed by atoms with Gasteiger partial charge in [-0.2, -0.15) is 17.0 Å². The molecule has 0 radical (unpaired) electrons. The number of nitrogens with zero attached hydrogens (tertiary/aromatic N) is 3. The second kappa shape index (κ2) is 8.19. The molecule has 0 atom stereocenters. The Kier molecular flexibility index (Phi) is 6.77. The Bertz CT molecular complexity index is 566. The lowest BCUT2D eigenvalue weighted by atomic mass is 10.3. The van der Waals surface area contributed by atoms with Gasteiger partial charge in [0.1, 0.15) is 0 Å². The van der Waals surface area contributed by atoms with E-state index in [0.717, 1.165) is 12.8 Å². The fraction of sp³-hybridized carbons (Fsp3) is 1.00. The van der Waals surface area contributed by atoms with Crippen LogP contribution in [-0.4, -0.2) is 102 Å². The zero-order valence-corrected chi connectivity index (χ0v) is 15.1. The molecule has 2 fully saturated rings. The van der Waals surface area contributed by atoms with E-state index in [1.807, 2.05) is 0 Å². The van der Waals surface area contributed by atoms with E-state index in [2.05, 4.69) is 9.62 Å². The molecule has 0 aromatic carbocycles. The van der Waals surface area contributed by atoms with Crippen molar-refractivity contribution in [2.24, 2.45) is 0 Å². The Hall–Kier alpha value is -0.300. The van der Waals surface area contributed by atoms with E-state index in [0.29, 0.717) is 65.4 Å². The first-order chi connectivity index (χ1) is 10.8. The Balaban J connectivity index is 1.73. The highest BCUT2D eigenvalue weighted by atomic mass is 32.2. The average molecular weight is 370 g/mol. The van der Waals surface area contributed by atoms with Gasteiger partial charge in [0.25, 0.3) is 10.2 Å². The van der Waals surface area contributed by atoms with Gasteiger partial charge in [0.15, 0.2) is 0 Å². The number of hydrogen-bond donors (Lipinski definition) is 1. The quantitative estimate of drug-likeness (QED) is 0.527. The Morgan fingerprint density at radius 3 is 2.04 bits per heavy atom. The summed E-state index contributed by atoms with van der Waals surface area (Å²) in [7, 11) is -6.52. The highest BCUT2D eigenvalue weighted by Gasteiger charge is 2.32. The molecule has 1 N–H and O–H groups in total. The van der Waals surface area contributed by atoms with E-state index in [4.69, 9.17) is 4.74 Å². The van der Waals surface area contributed by atoms with Crippen molar-refractivity contribution in [1.29, 1.82) is 0 Å². The first-order valence-electron chi connectivity index (χ1n) is 7.79. The molecule has 2 aliphatic heterocycles. The molecule has 2 heterocycles. The lowest BCUT2D eigenvalue weighted by molar-refractivity contribution is 0.0685. The molecule has 0 aromatic heterocycles. The molecule has 0 amide bonds. The molecule has 0 saturated carbocycles. The predicted molar refractivity (Wildman–Crippen MR) is 86.8 cm³/mol. The van der Waals surface area contributed by atoms with Gasteiger partial charge in [-0.3, -0.25) is 0 Å². The van der Waals surface area contributed by atoms with Crippen LogP contribution in [0.4, 0.5) is 0 Å². The van der Waals surface area contributed by atoms with Crippen molar-refractivity contribution in [1.82, 2.24) is 18.2 Å². The van der Waals surface area contributed by atoms with E-state index in [-0.39, 0.29) is 0 Å². The molecule has 0 aromatic rings. The van der Waals surface area contributed by atoms with Crippen molar-refractivity contribution in [3.63, 3.8) is 0 Å². The lowest BCUT2D eigenvalue weighted by Crippen LogP contribution is -2.55. The summed E-state index contributed by atoms with van der Waals surface area (Å²) in [6.07, 6.45) is 1.85. The van der Waals surface area contributed by atoms with E-state index >= 15 is 0 Å². The van der Waals surface area contributed by atoms with Crippen molar-refractivity contribution in [2.75, 3.05) is 71.8 Å². The summed E-state index contributed by atoms with van der Waals surface area (Å²) in [6, 6.07) is 0. The summed E-state index contributed by atoms with van der Waals surface area (Å²) < 4.78 is 57.7. The topological polar surface area (TPSA) is 99.3 Å². The van der Waals surface area contributed by atoms with Gasteiger partial charge in [-0.1, -0.05) is 0 Å². The van der Waals surface area contributed by atoms with Gasteiger partial charge in [0.2, 0.25) is 10.0 Å². The van der Waals surface area contributed by atoms with Crippen LogP contribution in [0.25, 0.3) is 0 Å². The van der Waals surface area contributed by atoms with Crippen LogP contribution in [0.1, 0.15) is 6.42 Å². The van der Waals surface area contributed by atoms with Crippen LogP contribution in [0.3, 0.4) is 0 Å². The van der Waals surface area contributed by atoms with Crippen molar-refractivity contribution in [3.05, 3.63) is 0 Å². The second-order valence-corrected chi connectivity index (χ2v) is 9.54. The normalized spacial score (nSPS) is 23.2. The van der Waals surface area contributed by atoms with Gasteiger partial charge < -0.3 is 9.64 Å². The zero-order valence-electron chi connectivity index (χ0n) is 13.5. The van der Waals surface area contributed by atoms with Gasteiger partial charge in [-0.15, -0.1) is 0 Å². The monoisotopic (exact) mass is 370 g/mol. The lowest BCUT2D eigenvalue weighted by Gasteiger charge is -2.37. The zero-order chi connectivity index (χ0) is 16.9. The van der Waals surface area contributed by atoms with Crippen LogP contribution >= 0.6 is 0 Å². The number of morpholine rings is 1. The number of piperazine rings is 1. The van der Waals surface area contributed by atoms with Crippen LogP contribution in [0.2, 0.25) is 0 Å². The molecule has 2 rings (SSSR count). The molecule has 0 spiro atoms. The molecule has 9 nitrogen and oxygen atoms in total. The molecular weight excluding hydrogens is 344 g/mol. The Morgan fingerprint density at radius 2 is 1.48 bits per heavy atom. The van der Waals surface area contributed by atoms with Gasteiger partial charge >= 0.3 is 0 Å². The molecule has 0 unspecified atom stereocenters. The van der Waals surface area contributed by atoms with E-state index in [1.165, 1.54) is 8.61 Å². The van der Waals surface area contributed by atoms with E-state index in [9.17, 15) is 16.8 Å². The molecule has 136 valence electrons. The van der Waals surface area contributed by atoms with Crippen LogP contribution in [0.5, 0.6) is 0 Å². The van der Waals surface area contributed by atoms with Crippen molar-refractivity contribution >= 4 is 20.2 Å². The van der Waals surface area contributed by atoms with Gasteiger partial charge in [0, 0.05) is 45.8 Å². The molecule has 2 saturated heterocycles. The van der Waals surface area contributed by atoms with Gasteiger partial charge in [0.05, 0.1) is 19.5 Å². The summed E-state index contributed by atoms with van der Waals surface area (Å²) in [4.78, 5) is 2.16.